The molecule has 0 amide bonds. The average Bonchev–Trinajstić information content (AvgIpc) is 2.73. The Kier molecular flexibility index (Phi) is 5.18. The fourth-order valence-electron chi connectivity index (χ4n) is 3.41. The van der Waals surface area contributed by atoms with Crippen LogP contribution in [0.2, 0.25) is 0 Å². The molecule has 2 aromatic carbocycles. The van der Waals surface area contributed by atoms with Crippen molar-refractivity contribution in [1.82, 2.24) is 9.97 Å². The Bertz CT molecular complexity index is 931. The third-order valence-electron chi connectivity index (χ3n) is 4.84. The summed E-state index contributed by atoms with van der Waals surface area (Å²) >= 11 is 0. The number of fused-ring (bicyclic) bond motifs is 1. The van der Waals surface area contributed by atoms with Gasteiger partial charge in [0.05, 0.1) is 26.0 Å². The number of benzene rings is 2. The Labute approximate surface area is 158 Å². The first-order valence-electron chi connectivity index (χ1n) is 9.01. The molecule has 6 nitrogen and oxygen atoms in total. The summed E-state index contributed by atoms with van der Waals surface area (Å²) in [5.41, 5.74) is 2.05. The van der Waals surface area contributed by atoms with E-state index in [2.05, 4.69) is 39.1 Å². The largest absolute Gasteiger partial charge is 0.497 e. The summed E-state index contributed by atoms with van der Waals surface area (Å²) in [6, 6.07) is 14.5. The van der Waals surface area contributed by atoms with Crippen LogP contribution in [0.4, 0.5) is 5.82 Å². The normalized spacial score (nSPS) is 17.3. The van der Waals surface area contributed by atoms with Crippen LogP contribution >= 0.6 is 0 Å². The number of methoxy groups -OCH3 is 2. The van der Waals surface area contributed by atoms with E-state index < -0.39 is 0 Å². The third-order valence-corrected chi connectivity index (χ3v) is 4.84. The lowest BCUT2D eigenvalue weighted by molar-refractivity contribution is 0.0396. The van der Waals surface area contributed by atoms with Crippen molar-refractivity contribution in [2.45, 2.75) is 12.7 Å². The van der Waals surface area contributed by atoms with E-state index >= 15 is 0 Å². The molecule has 1 aliphatic rings. The Morgan fingerprint density at radius 3 is 2.78 bits per heavy atom. The van der Waals surface area contributed by atoms with Crippen LogP contribution in [0.1, 0.15) is 17.4 Å². The van der Waals surface area contributed by atoms with Gasteiger partial charge in [0, 0.05) is 26.3 Å². The van der Waals surface area contributed by atoms with Crippen molar-refractivity contribution in [3.63, 3.8) is 0 Å². The zero-order valence-electron chi connectivity index (χ0n) is 15.6. The van der Waals surface area contributed by atoms with Gasteiger partial charge in [0.1, 0.15) is 24.0 Å². The predicted molar refractivity (Wildman–Crippen MR) is 104 cm³/mol. The van der Waals surface area contributed by atoms with Gasteiger partial charge in [-0.15, -0.1) is 0 Å². The summed E-state index contributed by atoms with van der Waals surface area (Å²) in [6.45, 7) is 2.71. The van der Waals surface area contributed by atoms with Crippen LogP contribution in [-0.4, -0.2) is 43.9 Å². The maximum Gasteiger partial charge on any atom is 0.132 e. The standard InChI is InChI=1S/C21H23N3O3/c1-25-13-18-11-21(23-14-22-18)24-7-8-27-20(12-24)17-4-3-16-10-19(26-2)6-5-15(16)9-17/h3-6,9-11,14,20H,7-8,12-13H2,1-2H3/t20-/m0/s1. The Morgan fingerprint density at radius 2 is 1.93 bits per heavy atom. The van der Waals surface area contributed by atoms with Gasteiger partial charge in [0.2, 0.25) is 0 Å². The quantitative estimate of drug-likeness (QED) is 0.691. The molecule has 6 heteroatoms. The van der Waals surface area contributed by atoms with Gasteiger partial charge in [-0.3, -0.25) is 0 Å². The molecule has 27 heavy (non-hydrogen) atoms. The van der Waals surface area contributed by atoms with Crippen LogP contribution in [0.25, 0.3) is 10.8 Å². The number of nitrogens with zero attached hydrogens (tertiary/aromatic N) is 3. The molecule has 1 atom stereocenters. The lowest BCUT2D eigenvalue weighted by Gasteiger charge is -2.34. The molecular formula is C21H23N3O3. The molecule has 140 valence electrons. The number of aromatic nitrogens is 2. The smallest absolute Gasteiger partial charge is 0.132 e. The predicted octanol–water partition coefficient (Wildman–Crippen LogP) is 3.36. The molecule has 1 saturated heterocycles. The van der Waals surface area contributed by atoms with Crippen molar-refractivity contribution < 1.29 is 14.2 Å². The number of morpholine rings is 1. The lowest BCUT2D eigenvalue weighted by Crippen LogP contribution is -2.39. The van der Waals surface area contributed by atoms with Crippen LogP contribution in [0.3, 0.4) is 0 Å². The molecule has 1 aliphatic heterocycles. The second-order valence-electron chi connectivity index (χ2n) is 6.58. The van der Waals surface area contributed by atoms with Crippen LogP contribution in [0, 0.1) is 0 Å². The molecule has 3 aromatic rings. The highest BCUT2D eigenvalue weighted by Crippen LogP contribution is 2.29. The van der Waals surface area contributed by atoms with Crippen molar-refractivity contribution in [2.24, 2.45) is 0 Å². The maximum atomic E-state index is 6.05. The van der Waals surface area contributed by atoms with Crippen LogP contribution in [-0.2, 0) is 16.1 Å². The minimum absolute atomic E-state index is 0.00564. The Morgan fingerprint density at radius 1 is 1.07 bits per heavy atom. The SMILES string of the molecule is COCc1cc(N2CCO[C@H](c3ccc4cc(OC)ccc4c3)C2)ncn1. The molecule has 0 saturated carbocycles. The maximum absolute atomic E-state index is 6.05. The molecule has 1 fully saturated rings. The van der Waals surface area contributed by atoms with Gasteiger partial charge < -0.3 is 19.1 Å². The number of rotatable bonds is 5. The molecule has 0 radical (unpaired) electrons. The van der Waals surface area contributed by atoms with Gasteiger partial charge in [-0.05, 0) is 34.5 Å². The highest BCUT2D eigenvalue weighted by Gasteiger charge is 2.23. The van der Waals surface area contributed by atoms with Crippen LogP contribution < -0.4 is 9.64 Å². The fraction of sp³-hybridized carbons (Fsp3) is 0.333. The van der Waals surface area contributed by atoms with E-state index in [-0.39, 0.29) is 6.10 Å². The van der Waals surface area contributed by atoms with E-state index in [1.54, 1.807) is 20.5 Å². The van der Waals surface area contributed by atoms with Crippen LogP contribution in [0.5, 0.6) is 5.75 Å². The highest BCUT2D eigenvalue weighted by atomic mass is 16.5. The summed E-state index contributed by atoms with van der Waals surface area (Å²) < 4.78 is 16.5. The molecule has 4 rings (SSSR count). The first-order chi connectivity index (χ1) is 13.3. The van der Waals surface area contributed by atoms with Crippen molar-refractivity contribution in [3.05, 3.63) is 60.0 Å². The lowest BCUT2D eigenvalue weighted by atomic mass is 10.0. The zero-order valence-corrected chi connectivity index (χ0v) is 15.6. The summed E-state index contributed by atoms with van der Waals surface area (Å²) in [7, 11) is 3.35. The summed E-state index contributed by atoms with van der Waals surface area (Å²) in [6.07, 6.45) is 1.60. The summed E-state index contributed by atoms with van der Waals surface area (Å²) in [5, 5.41) is 2.34. The minimum Gasteiger partial charge on any atom is -0.497 e. The second kappa shape index (κ2) is 7.90. The van der Waals surface area contributed by atoms with Crippen molar-refractivity contribution in [3.8, 4) is 5.75 Å². The van der Waals surface area contributed by atoms with Gasteiger partial charge in [-0.25, -0.2) is 9.97 Å². The van der Waals surface area contributed by atoms with E-state index in [1.165, 1.54) is 10.9 Å². The number of ether oxygens (including phenoxy) is 3. The molecular weight excluding hydrogens is 342 g/mol. The number of anilines is 1. The summed E-state index contributed by atoms with van der Waals surface area (Å²) in [5.74, 6) is 1.78. The fourth-order valence-corrected chi connectivity index (χ4v) is 3.41. The average molecular weight is 365 g/mol. The van der Waals surface area contributed by atoms with E-state index in [9.17, 15) is 0 Å². The van der Waals surface area contributed by atoms with Crippen LogP contribution in [0.15, 0.2) is 48.8 Å². The van der Waals surface area contributed by atoms with E-state index in [1.807, 2.05) is 18.2 Å². The first kappa shape index (κ1) is 17.7. The van der Waals surface area contributed by atoms with Crippen molar-refractivity contribution in [1.29, 1.82) is 0 Å². The second-order valence-corrected chi connectivity index (χ2v) is 6.58. The third kappa shape index (κ3) is 3.86. The topological polar surface area (TPSA) is 56.7 Å². The van der Waals surface area contributed by atoms with Gasteiger partial charge in [0.15, 0.2) is 0 Å². The number of hydrogen-bond donors (Lipinski definition) is 0. The molecule has 0 N–H and O–H groups in total. The monoisotopic (exact) mass is 365 g/mol. The molecule has 0 aliphatic carbocycles. The molecule has 2 heterocycles. The van der Waals surface area contributed by atoms with E-state index in [0.29, 0.717) is 13.2 Å². The Hall–Kier alpha value is -2.70. The molecule has 1 aromatic heterocycles. The molecule has 0 unspecified atom stereocenters. The van der Waals surface area contributed by atoms with Gasteiger partial charge in [-0.2, -0.15) is 0 Å². The van der Waals surface area contributed by atoms with Crippen molar-refractivity contribution in [2.75, 3.05) is 38.8 Å². The zero-order chi connectivity index (χ0) is 18.6. The minimum atomic E-state index is 0.00564. The first-order valence-corrected chi connectivity index (χ1v) is 9.01. The van der Waals surface area contributed by atoms with Gasteiger partial charge in [0.25, 0.3) is 0 Å². The van der Waals surface area contributed by atoms with Gasteiger partial charge >= 0.3 is 0 Å². The van der Waals surface area contributed by atoms with Gasteiger partial charge in [-0.1, -0.05) is 18.2 Å². The molecule has 0 bridgehead atoms. The molecule has 0 spiro atoms. The van der Waals surface area contributed by atoms with E-state index in [4.69, 9.17) is 14.2 Å². The van der Waals surface area contributed by atoms with E-state index in [0.717, 1.165) is 35.7 Å². The van der Waals surface area contributed by atoms with Crippen molar-refractivity contribution >= 4 is 16.6 Å². The summed E-state index contributed by atoms with van der Waals surface area (Å²) in [4.78, 5) is 10.9. The number of hydrogen-bond acceptors (Lipinski definition) is 6. The Balaban J connectivity index is 1.56. The highest BCUT2D eigenvalue weighted by molar-refractivity contribution is 5.84.